The molecule has 0 radical (unpaired) electrons. The summed E-state index contributed by atoms with van der Waals surface area (Å²) < 4.78 is 13.9. The van der Waals surface area contributed by atoms with Crippen LogP contribution in [-0.2, 0) is 54.5 Å². The van der Waals surface area contributed by atoms with Crippen molar-refractivity contribution in [2.24, 2.45) is 21.3 Å². The number of aryl methyl sites for hydroxylation is 2. The Morgan fingerprint density at radius 3 is 2.57 bits per heavy atom. The van der Waals surface area contributed by atoms with Gasteiger partial charge in [-0.1, -0.05) is 65.0 Å². The van der Waals surface area contributed by atoms with Crippen LogP contribution in [0.2, 0.25) is 0 Å². The van der Waals surface area contributed by atoms with Gasteiger partial charge >= 0.3 is 5.97 Å². The molecular formula is C53H71N9O6. The smallest absolute Gasteiger partial charge is 0.324 e. The molecule has 0 spiro atoms. The fraction of sp³-hybridized carbons (Fsp3) is 0.547. The number of benzene rings is 2. The van der Waals surface area contributed by atoms with Crippen molar-refractivity contribution in [3.8, 4) is 22.4 Å². The highest BCUT2D eigenvalue weighted by molar-refractivity contribution is 5.96. The molecule has 3 amide bonds. The highest BCUT2D eigenvalue weighted by Crippen LogP contribution is 2.41. The fourth-order valence-corrected chi connectivity index (χ4v) is 9.89. The summed E-state index contributed by atoms with van der Waals surface area (Å²) in [4.78, 5) is 73.4. The number of nitrogens with zero attached hydrogens (tertiary/aromatic N) is 7. The minimum atomic E-state index is -1.02. The van der Waals surface area contributed by atoms with Gasteiger partial charge in [0.25, 0.3) is 5.91 Å². The van der Waals surface area contributed by atoms with Gasteiger partial charge in [-0.2, -0.15) is 0 Å². The van der Waals surface area contributed by atoms with Gasteiger partial charge in [-0.15, -0.1) is 0 Å². The van der Waals surface area contributed by atoms with E-state index in [1.807, 2.05) is 38.4 Å². The van der Waals surface area contributed by atoms with Crippen LogP contribution in [-0.4, -0.2) is 138 Å². The second-order valence-corrected chi connectivity index (χ2v) is 19.5. The molecule has 2 saturated heterocycles. The molecular weight excluding hydrogens is 859 g/mol. The van der Waals surface area contributed by atoms with Crippen LogP contribution in [0.3, 0.4) is 0 Å². The number of hydrogen-bond acceptors (Lipinski definition) is 11. The number of nitrogens with one attached hydrogen (secondary N) is 2. The number of aromatic nitrogens is 2. The summed E-state index contributed by atoms with van der Waals surface area (Å²) >= 11 is 0. The quantitative estimate of drug-likeness (QED) is 0.0832. The Balaban J connectivity index is 1.16. The number of ether oxygens (including phenoxy) is 2. The molecule has 2 N–H and O–H groups in total. The topological polar surface area (TPSA) is 163 Å². The lowest BCUT2D eigenvalue weighted by Crippen LogP contribution is -2.62. The van der Waals surface area contributed by atoms with Crippen LogP contribution in [0.25, 0.3) is 33.3 Å². The Hall–Kier alpha value is -5.73. The number of hydrogen-bond donors (Lipinski definition) is 2. The Morgan fingerprint density at radius 1 is 1.03 bits per heavy atom. The summed E-state index contributed by atoms with van der Waals surface area (Å²) in [7, 11) is 1.62. The number of pyridine rings is 1. The summed E-state index contributed by atoms with van der Waals surface area (Å²) in [6.45, 7) is 18.7. The Morgan fingerprint density at radius 2 is 1.81 bits per heavy atom. The molecule has 5 heterocycles. The number of carbonyl (C=O) groups excluding carboxylic acids is 4. The third-order valence-electron chi connectivity index (χ3n) is 13.5. The zero-order chi connectivity index (χ0) is 48.4. The van der Waals surface area contributed by atoms with E-state index >= 15 is 0 Å². The van der Waals surface area contributed by atoms with Gasteiger partial charge in [0.15, 0.2) is 0 Å². The Kier molecular flexibility index (Phi) is 17.0. The van der Waals surface area contributed by atoms with Crippen molar-refractivity contribution < 1.29 is 28.7 Å². The second kappa shape index (κ2) is 23.0. The lowest BCUT2D eigenvalue weighted by Gasteiger charge is -2.36. The first-order valence-electron chi connectivity index (χ1n) is 24.6. The minimum absolute atomic E-state index is 0.0752. The molecule has 2 fully saturated rings. The molecule has 68 heavy (non-hydrogen) atoms. The largest absolute Gasteiger partial charge is 0.464 e. The van der Waals surface area contributed by atoms with Gasteiger partial charge in [0.2, 0.25) is 11.8 Å². The molecule has 4 aromatic rings. The molecule has 7 rings (SSSR count). The lowest BCUT2D eigenvalue weighted by atomic mass is 9.84. The average molecular weight is 930 g/mol. The van der Waals surface area contributed by atoms with Gasteiger partial charge in [0, 0.05) is 86.9 Å². The van der Waals surface area contributed by atoms with Crippen molar-refractivity contribution in [2.45, 2.75) is 111 Å². The van der Waals surface area contributed by atoms with Crippen LogP contribution in [0.1, 0.15) is 83.9 Å². The average Bonchev–Trinajstić information content (AvgIpc) is 3.64. The number of esters is 1. The Labute approximate surface area is 401 Å². The van der Waals surface area contributed by atoms with E-state index in [9.17, 15) is 19.2 Å². The van der Waals surface area contributed by atoms with Crippen LogP contribution >= 0.6 is 0 Å². The Bertz CT molecular complexity index is 2490. The molecule has 0 unspecified atom stereocenters. The molecule has 3 atom stereocenters. The van der Waals surface area contributed by atoms with Gasteiger partial charge in [-0.05, 0) is 91.0 Å². The molecule has 2 aromatic heterocycles. The standard InChI is InChI=1S/C53H71N9O6/c1-8-38-18-21-54-33-43(38)49-42-32-53(5,6)34-68-52(66)44-15-11-24-62(58-44)51(65)45(30-37-13-10-14-39(29-37)40-16-17-46(41(42)31-40)61(49)9-2)57-50(64)48(36(3)4)59(7)47(63)19-22-56-35-55-20-12-23-60-25-27-67-28-26-60/h10,13-14,16-18,21,29,31,33,36,44-45,48,58H,8-9,11-12,15,19-20,22-28,30,32,34H2,1-7H3,(H,57,64)/t44-,45-,48-/m0/s1. The molecule has 0 saturated carbocycles. The summed E-state index contributed by atoms with van der Waals surface area (Å²) in [5, 5.41) is 5.65. The zero-order valence-electron chi connectivity index (χ0n) is 41.2. The number of fused-ring (bicyclic) bond motifs is 6. The maximum absolute atomic E-state index is 14.7. The number of morpholine rings is 1. The SMILES string of the molecule is CCc1ccncc1-c1c2c3cc(ccc3n1CC)-c1cccc(c1)C[C@H](NC(=O)[C@H](C(C)C)N(C)C(=O)CCN=C=NCCCN1CCOCC1)C(=O)N1CCC[C@H](N1)C(=O)OCC(C)(C)C2. The maximum atomic E-state index is 14.7. The number of carbonyl (C=O) groups is 4. The highest BCUT2D eigenvalue weighted by atomic mass is 16.5. The van der Waals surface area contributed by atoms with Gasteiger partial charge in [0.1, 0.15) is 18.1 Å². The summed E-state index contributed by atoms with van der Waals surface area (Å²) in [6, 6.07) is 16.9. The first-order chi connectivity index (χ1) is 32.8. The first-order valence-corrected chi connectivity index (χ1v) is 24.6. The van der Waals surface area contributed by atoms with Gasteiger partial charge in [-0.3, -0.25) is 34.1 Å². The molecule has 3 aliphatic rings. The van der Waals surface area contributed by atoms with Crippen molar-refractivity contribution in [3.05, 3.63) is 77.6 Å². The van der Waals surface area contributed by atoms with Crippen LogP contribution in [0.15, 0.2) is 70.9 Å². The van der Waals surface area contributed by atoms with Crippen LogP contribution in [0.5, 0.6) is 0 Å². The third-order valence-corrected chi connectivity index (χ3v) is 13.5. The van der Waals surface area contributed by atoms with Gasteiger partial charge < -0.3 is 24.3 Å². The van der Waals surface area contributed by atoms with Gasteiger partial charge in [-0.25, -0.2) is 15.4 Å². The monoisotopic (exact) mass is 930 g/mol. The molecule has 3 aliphatic heterocycles. The minimum Gasteiger partial charge on any atom is -0.464 e. The number of aliphatic imine (C=N–C) groups is 2. The van der Waals surface area contributed by atoms with Crippen LogP contribution in [0.4, 0.5) is 0 Å². The van der Waals surface area contributed by atoms with E-state index in [-0.39, 0.29) is 43.7 Å². The van der Waals surface area contributed by atoms with E-state index in [1.54, 1.807) is 7.05 Å². The molecule has 6 bridgehead atoms. The van der Waals surface area contributed by atoms with E-state index in [4.69, 9.17) is 9.47 Å². The number of amides is 3. The van der Waals surface area contributed by atoms with E-state index in [2.05, 4.69) is 105 Å². The predicted molar refractivity (Wildman–Crippen MR) is 265 cm³/mol. The van der Waals surface area contributed by atoms with Crippen molar-refractivity contribution in [1.29, 1.82) is 0 Å². The van der Waals surface area contributed by atoms with E-state index in [1.165, 1.54) is 21.0 Å². The van der Waals surface area contributed by atoms with Crippen molar-refractivity contribution in [3.63, 3.8) is 0 Å². The molecule has 15 nitrogen and oxygen atoms in total. The summed E-state index contributed by atoms with van der Waals surface area (Å²) in [6.07, 6.45) is 7.52. The van der Waals surface area contributed by atoms with E-state index in [0.717, 1.165) is 91.1 Å². The second-order valence-electron chi connectivity index (χ2n) is 19.5. The van der Waals surface area contributed by atoms with E-state index in [0.29, 0.717) is 32.4 Å². The van der Waals surface area contributed by atoms with Crippen molar-refractivity contribution in [1.82, 2.24) is 35.1 Å². The summed E-state index contributed by atoms with van der Waals surface area (Å²) in [5.41, 5.74) is 11.3. The predicted octanol–water partition coefficient (Wildman–Crippen LogP) is 6.37. The van der Waals surface area contributed by atoms with Crippen LogP contribution < -0.4 is 10.7 Å². The number of hydrazine groups is 1. The molecule has 364 valence electrons. The van der Waals surface area contributed by atoms with E-state index < -0.39 is 35.4 Å². The molecule has 0 aliphatic carbocycles. The van der Waals surface area contributed by atoms with Crippen LogP contribution in [0, 0.1) is 11.3 Å². The first kappa shape index (κ1) is 50.2. The lowest BCUT2D eigenvalue weighted by molar-refractivity contribution is -0.155. The normalized spacial score (nSPS) is 19.4. The van der Waals surface area contributed by atoms with Crippen molar-refractivity contribution in [2.75, 3.05) is 66.1 Å². The number of rotatable bonds is 14. The highest BCUT2D eigenvalue weighted by Gasteiger charge is 2.37. The summed E-state index contributed by atoms with van der Waals surface area (Å²) in [5.74, 6) is -1.77. The fourth-order valence-electron chi connectivity index (χ4n) is 9.89. The van der Waals surface area contributed by atoms with Gasteiger partial charge in [0.05, 0.1) is 44.6 Å². The third kappa shape index (κ3) is 12.1. The number of cyclic esters (lactones) is 1. The maximum Gasteiger partial charge on any atom is 0.324 e. The molecule has 15 heteroatoms. The zero-order valence-corrected chi connectivity index (χ0v) is 41.2. The molecule has 2 aromatic carbocycles. The number of likely N-dealkylation sites (N-methyl/N-ethyl adjacent to an activating group) is 1. The van der Waals surface area contributed by atoms with Crippen molar-refractivity contribution >= 4 is 40.6 Å².